The van der Waals surface area contributed by atoms with Gasteiger partial charge in [-0.25, -0.2) is 15.0 Å². The van der Waals surface area contributed by atoms with Gasteiger partial charge in [0.2, 0.25) is 0 Å². The lowest BCUT2D eigenvalue weighted by Crippen LogP contribution is -2.00. The van der Waals surface area contributed by atoms with Gasteiger partial charge in [-0.1, -0.05) is 140 Å². The Kier molecular flexibility index (Phi) is 7.42. The van der Waals surface area contributed by atoms with Gasteiger partial charge in [-0.05, 0) is 81.9 Å². The second-order valence-electron chi connectivity index (χ2n) is 14.0. The van der Waals surface area contributed by atoms with E-state index in [1.54, 1.807) is 0 Å². The van der Waals surface area contributed by atoms with Gasteiger partial charge in [-0.2, -0.15) is 0 Å². The van der Waals surface area contributed by atoms with E-state index in [0.29, 0.717) is 17.5 Å². The summed E-state index contributed by atoms with van der Waals surface area (Å²) in [5.74, 6) is 1.75. The Morgan fingerprint density at radius 3 is 1.16 bits per heavy atom. The van der Waals surface area contributed by atoms with E-state index < -0.39 is 0 Å². The Morgan fingerprint density at radius 1 is 0.232 bits per heavy atom. The number of nitrogens with zero attached hydrogens (tertiary/aromatic N) is 3. The lowest BCUT2D eigenvalue weighted by atomic mass is 9.98. The highest BCUT2D eigenvalue weighted by Gasteiger charge is 2.17. The van der Waals surface area contributed by atoms with Crippen molar-refractivity contribution in [2.45, 2.75) is 0 Å². The molecule has 3 heterocycles. The van der Waals surface area contributed by atoms with Gasteiger partial charge in [0.05, 0.1) is 0 Å². The summed E-state index contributed by atoms with van der Waals surface area (Å²) < 4.78 is 12.7. The second-order valence-corrected chi connectivity index (χ2v) is 14.0. The van der Waals surface area contributed by atoms with Gasteiger partial charge in [0, 0.05) is 38.2 Å². The third kappa shape index (κ3) is 5.62. The first-order valence-electron chi connectivity index (χ1n) is 18.7. The zero-order valence-corrected chi connectivity index (χ0v) is 30.1. The molecule has 0 amide bonds. The maximum Gasteiger partial charge on any atom is 0.164 e. The average molecular weight is 718 g/mol. The Labute approximate surface area is 322 Å². The van der Waals surface area contributed by atoms with Crippen molar-refractivity contribution in [1.29, 1.82) is 0 Å². The van der Waals surface area contributed by atoms with Crippen LogP contribution in [0.1, 0.15) is 0 Å². The van der Waals surface area contributed by atoms with Crippen LogP contribution in [0.25, 0.3) is 111 Å². The van der Waals surface area contributed by atoms with E-state index in [0.717, 1.165) is 82.8 Å². The molecule has 5 nitrogen and oxygen atoms in total. The summed E-state index contributed by atoms with van der Waals surface area (Å²) >= 11 is 0. The van der Waals surface area contributed by atoms with E-state index in [1.165, 1.54) is 11.1 Å². The molecule has 0 aliphatic heterocycles. The van der Waals surface area contributed by atoms with E-state index in [1.807, 2.05) is 36.4 Å². The first-order valence-corrected chi connectivity index (χ1v) is 18.7. The highest BCUT2D eigenvalue weighted by atomic mass is 16.3. The number of para-hydroxylation sites is 1. The molecular formula is C51H31N3O2. The molecule has 0 saturated carbocycles. The van der Waals surface area contributed by atoms with Crippen LogP contribution in [0.15, 0.2) is 197 Å². The predicted octanol–water partition coefficient (Wildman–Crippen LogP) is 13.7. The first kappa shape index (κ1) is 31.9. The van der Waals surface area contributed by atoms with Crippen LogP contribution in [0.2, 0.25) is 0 Å². The van der Waals surface area contributed by atoms with Crippen molar-refractivity contribution in [3.8, 4) is 67.5 Å². The third-order valence-corrected chi connectivity index (χ3v) is 10.5. The molecule has 0 spiro atoms. The lowest BCUT2D eigenvalue weighted by molar-refractivity contribution is 0.664. The molecule has 262 valence electrons. The normalized spacial score (nSPS) is 11.6. The molecule has 0 N–H and O–H groups in total. The first-order chi connectivity index (χ1) is 27.7. The lowest BCUT2D eigenvalue weighted by Gasteiger charge is -2.11. The summed E-state index contributed by atoms with van der Waals surface area (Å²) in [7, 11) is 0. The van der Waals surface area contributed by atoms with E-state index in [9.17, 15) is 0 Å². The molecule has 8 aromatic carbocycles. The second kappa shape index (κ2) is 13.0. The van der Waals surface area contributed by atoms with Crippen LogP contribution in [0.3, 0.4) is 0 Å². The number of aromatic nitrogens is 3. The van der Waals surface area contributed by atoms with Crippen LogP contribution in [0, 0.1) is 0 Å². The van der Waals surface area contributed by atoms with Crippen LogP contribution in [-0.2, 0) is 0 Å². The van der Waals surface area contributed by atoms with Gasteiger partial charge < -0.3 is 8.83 Å². The summed E-state index contributed by atoms with van der Waals surface area (Å²) in [6.45, 7) is 0. The van der Waals surface area contributed by atoms with Gasteiger partial charge in [-0.15, -0.1) is 0 Å². The number of benzene rings is 8. The minimum absolute atomic E-state index is 0.564. The average Bonchev–Trinajstić information content (AvgIpc) is 3.83. The summed E-state index contributed by atoms with van der Waals surface area (Å²) in [4.78, 5) is 15.4. The Hall–Kier alpha value is -7.63. The molecule has 56 heavy (non-hydrogen) atoms. The van der Waals surface area contributed by atoms with Crippen molar-refractivity contribution >= 4 is 43.9 Å². The predicted molar refractivity (Wildman–Crippen MR) is 227 cm³/mol. The topological polar surface area (TPSA) is 65.0 Å². The Balaban J connectivity index is 1.05. The van der Waals surface area contributed by atoms with Gasteiger partial charge in [0.25, 0.3) is 0 Å². The quantitative estimate of drug-likeness (QED) is 0.171. The number of rotatable bonds is 6. The zero-order chi connectivity index (χ0) is 37.0. The van der Waals surface area contributed by atoms with Crippen molar-refractivity contribution in [2.75, 3.05) is 0 Å². The zero-order valence-electron chi connectivity index (χ0n) is 30.1. The molecular weight excluding hydrogens is 687 g/mol. The van der Waals surface area contributed by atoms with E-state index in [2.05, 4.69) is 152 Å². The van der Waals surface area contributed by atoms with Crippen LogP contribution in [0.4, 0.5) is 0 Å². The van der Waals surface area contributed by atoms with Crippen molar-refractivity contribution in [3.05, 3.63) is 188 Å². The SMILES string of the molecule is c1ccc(-c2cccc(-c3cccc(-c4nc(-c5cccc(-c6ccccc6)c5)nc(-c5ccc6c(c5)oc5cc7c(cc56)oc5ccccc57)n4)c3)c2)cc1. The standard InChI is InChI=1S/C51H31N3O2/c1-3-12-32(13-4-1)34-16-9-18-36(26-34)37-19-11-21-39(28-37)50-52-49(38-20-10-17-35(27-38)33-14-5-2-6-15-33)53-51(54-50)40-24-25-42-44-31-47-43(30-48(44)56-46(42)29-40)41-22-7-8-23-45(41)55-47/h1-31H. The van der Waals surface area contributed by atoms with Gasteiger partial charge >= 0.3 is 0 Å². The molecule has 11 rings (SSSR count). The minimum atomic E-state index is 0.564. The summed E-state index contributed by atoms with van der Waals surface area (Å²) in [6.07, 6.45) is 0. The number of hydrogen-bond donors (Lipinski definition) is 0. The maximum atomic E-state index is 6.53. The highest BCUT2D eigenvalue weighted by Crippen LogP contribution is 2.38. The van der Waals surface area contributed by atoms with E-state index in [-0.39, 0.29) is 0 Å². The van der Waals surface area contributed by atoms with Crippen molar-refractivity contribution in [1.82, 2.24) is 15.0 Å². The summed E-state index contributed by atoms with van der Waals surface area (Å²) in [5.41, 5.74) is 12.7. The van der Waals surface area contributed by atoms with Crippen LogP contribution in [-0.4, -0.2) is 15.0 Å². The largest absolute Gasteiger partial charge is 0.456 e. The van der Waals surface area contributed by atoms with Crippen LogP contribution < -0.4 is 0 Å². The maximum absolute atomic E-state index is 6.53. The molecule has 0 fully saturated rings. The molecule has 0 aliphatic rings. The van der Waals surface area contributed by atoms with Gasteiger partial charge in [0.1, 0.15) is 22.3 Å². The van der Waals surface area contributed by atoms with Gasteiger partial charge in [-0.3, -0.25) is 0 Å². The number of hydrogen-bond acceptors (Lipinski definition) is 5. The highest BCUT2D eigenvalue weighted by molar-refractivity contribution is 6.15. The van der Waals surface area contributed by atoms with Crippen molar-refractivity contribution in [2.24, 2.45) is 0 Å². The van der Waals surface area contributed by atoms with Gasteiger partial charge in [0.15, 0.2) is 17.5 Å². The Morgan fingerprint density at radius 2 is 0.607 bits per heavy atom. The molecule has 11 aromatic rings. The minimum Gasteiger partial charge on any atom is -0.456 e. The number of furan rings is 2. The fraction of sp³-hybridized carbons (Fsp3) is 0. The fourth-order valence-corrected chi connectivity index (χ4v) is 7.71. The van der Waals surface area contributed by atoms with Crippen molar-refractivity contribution in [3.63, 3.8) is 0 Å². The van der Waals surface area contributed by atoms with E-state index in [4.69, 9.17) is 23.8 Å². The monoisotopic (exact) mass is 717 g/mol. The number of fused-ring (bicyclic) bond motifs is 6. The molecule has 0 radical (unpaired) electrons. The third-order valence-electron chi connectivity index (χ3n) is 10.5. The molecule has 3 aromatic heterocycles. The molecule has 0 unspecified atom stereocenters. The van der Waals surface area contributed by atoms with E-state index >= 15 is 0 Å². The molecule has 5 heteroatoms. The molecule has 0 saturated heterocycles. The Bertz CT molecular complexity index is 3250. The molecule has 0 bridgehead atoms. The van der Waals surface area contributed by atoms with Crippen molar-refractivity contribution < 1.29 is 8.83 Å². The smallest absolute Gasteiger partial charge is 0.164 e. The molecule has 0 atom stereocenters. The molecule has 0 aliphatic carbocycles. The summed E-state index contributed by atoms with van der Waals surface area (Å²) in [6, 6.07) is 64.7. The fourth-order valence-electron chi connectivity index (χ4n) is 7.71. The van der Waals surface area contributed by atoms with Crippen LogP contribution in [0.5, 0.6) is 0 Å². The summed E-state index contributed by atoms with van der Waals surface area (Å²) in [5, 5.41) is 4.11. The van der Waals surface area contributed by atoms with Crippen LogP contribution >= 0.6 is 0 Å².